The number of aliphatic carboxylic acids is 1. The summed E-state index contributed by atoms with van der Waals surface area (Å²) in [5.74, 6) is -0.853. The Morgan fingerprint density at radius 3 is 2.69 bits per heavy atom. The lowest BCUT2D eigenvalue weighted by atomic mass is 10.1. The molecule has 0 aliphatic carbocycles. The van der Waals surface area contributed by atoms with Crippen molar-refractivity contribution in [2.24, 2.45) is 0 Å². The first-order valence-electron chi connectivity index (χ1n) is 5.74. The Bertz CT molecular complexity index is 360. The average molecular weight is 225 g/mol. The van der Waals surface area contributed by atoms with Gasteiger partial charge in [-0.2, -0.15) is 0 Å². The van der Waals surface area contributed by atoms with Crippen LogP contribution in [-0.4, -0.2) is 26.1 Å². The van der Waals surface area contributed by atoms with Crippen LogP contribution in [0.1, 0.15) is 51.0 Å². The van der Waals surface area contributed by atoms with E-state index in [1.54, 1.807) is 0 Å². The first-order chi connectivity index (χ1) is 7.60. The molecule has 1 atom stereocenters. The van der Waals surface area contributed by atoms with Crippen molar-refractivity contribution < 1.29 is 9.90 Å². The van der Waals surface area contributed by atoms with E-state index in [1.165, 1.54) is 0 Å². The van der Waals surface area contributed by atoms with Gasteiger partial charge in [0.1, 0.15) is 0 Å². The van der Waals surface area contributed by atoms with Gasteiger partial charge in [-0.15, -0.1) is 5.10 Å². The third-order valence-electron chi connectivity index (χ3n) is 2.69. The van der Waals surface area contributed by atoms with Crippen molar-refractivity contribution in [1.82, 2.24) is 15.0 Å². The van der Waals surface area contributed by atoms with E-state index in [4.69, 9.17) is 5.11 Å². The molecule has 0 aliphatic heterocycles. The fourth-order valence-electron chi connectivity index (χ4n) is 1.65. The molecule has 0 aromatic carbocycles. The van der Waals surface area contributed by atoms with Crippen LogP contribution in [0.2, 0.25) is 0 Å². The van der Waals surface area contributed by atoms with Crippen molar-refractivity contribution in [1.29, 1.82) is 0 Å². The van der Waals surface area contributed by atoms with Crippen LogP contribution in [-0.2, 0) is 17.6 Å². The summed E-state index contributed by atoms with van der Waals surface area (Å²) in [5, 5.41) is 16.8. The molecule has 0 saturated carbocycles. The molecule has 0 aliphatic rings. The quantitative estimate of drug-likeness (QED) is 0.802. The van der Waals surface area contributed by atoms with Gasteiger partial charge in [0, 0.05) is 0 Å². The fraction of sp³-hybridized carbons (Fsp3) is 0.727. The van der Waals surface area contributed by atoms with E-state index in [0.717, 1.165) is 25.0 Å². The molecule has 5 heteroatoms. The lowest BCUT2D eigenvalue weighted by Crippen LogP contribution is -2.11. The molecule has 1 aromatic rings. The molecule has 0 bridgehead atoms. The molecule has 1 rings (SSSR count). The van der Waals surface area contributed by atoms with E-state index in [1.807, 2.05) is 4.68 Å². The van der Waals surface area contributed by atoms with E-state index in [0.29, 0.717) is 5.69 Å². The maximum Gasteiger partial charge on any atom is 0.309 e. The largest absolute Gasteiger partial charge is 0.481 e. The number of rotatable bonds is 6. The van der Waals surface area contributed by atoms with E-state index >= 15 is 0 Å². The van der Waals surface area contributed by atoms with Gasteiger partial charge in [0.25, 0.3) is 0 Å². The maximum atomic E-state index is 10.7. The molecule has 0 amide bonds. The van der Waals surface area contributed by atoms with Crippen LogP contribution in [0.15, 0.2) is 0 Å². The molecule has 0 radical (unpaired) electrons. The zero-order valence-electron chi connectivity index (χ0n) is 10.1. The van der Waals surface area contributed by atoms with Gasteiger partial charge in [0.05, 0.1) is 23.9 Å². The second kappa shape index (κ2) is 5.63. The van der Waals surface area contributed by atoms with Gasteiger partial charge in [0.15, 0.2) is 0 Å². The predicted octanol–water partition coefficient (Wildman–Crippen LogP) is 1.83. The Balaban J connectivity index is 3.00. The van der Waals surface area contributed by atoms with Crippen molar-refractivity contribution in [3.05, 3.63) is 11.4 Å². The SMILES string of the molecule is CCCc1c(CC(=O)O)nnn1C(C)CC. The van der Waals surface area contributed by atoms with Crippen LogP contribution >= 0.6 is 0 Å². The van der Waals surface area contributed by atoms with Crippen LogP contribution in [0.25, 0.3) is 0 Å². The third kappa shape index (κ3) is 2.81. The van der Waals surface area contributed by atoms with Crippen molar-refractivity contribution >= 4 is 5.97 Å². The number of carbonyl (C=O) groups is 1. The molecule has 1 heterocycles. The van der Waals surface area contributed by atoms with Crippen LogP contribution < -0.4 is 0 Å². The fourth-order valence-corrected chi connectivity index (χ4v) is 1.65. The lowest BCUT2D eigenvalue weighted by molar-refractivity contribution is -0.136. The summed E-state index contributed by atoms with van der Waals surface area (Å²) in [6.07, 6.45) is 2.73. The maximum absolute atomic E-state index is 10.7. The second-order valence-corrected chi connectivity index (χ2v) is 4.01. The first kappa shape index (κ1) is 12.7. The highest BCUT2D eigenvalue weighted by molar-refractivity contribution is 5.69. The summed E-state index contributed by atoms with van der Waals surface area (Å²) in [4.78, 5) is 10.7. The summed E-state index contributed by atoms with van der Waals surface area (Å²) >= 11 is 0. The molecular formula is C11H19N3O2. The summed E-state index contributed by atoms with van der Waals surface area (Å²) in [7, 11) is 0. The third-order valence-corrected chi connectivity index (χ3v) is 2.69. The van der Waals surface area contributed by atoms with Crippen molar-refractivity contribution in [3.63, 3.8) is 0 Å². The molecule has 1 N–H and O–H groups in total. The molecule has 0 saturated heterocycles. The molecule has 1 aromatic heterocycles. The van der Waals surface area contributed by atoms with Gasteiger partial charge in [-0.3, -0.25) is 4.79 Å². The second-order valence-electron chi connectivity index (χ2n) is 4.01. The molecule has 16 heavy (non-hydrogen) atoms. The van der Waals surface area contributed by atoms with Crippen LogP contribution in [0.4, 0.5) is 0 Å². The Kier molecular flexibility index (Phi) is 4.46. The average Bonchev–Trinajstić information content (AvgIpc) is 2.61. The zero-order chi connectivity index (χ0) is 12.1. The van der Waals surface area contributed by atoms with E-state index < -0.39 is 5.97 Å². The zero-order valence-corrected chi connectivity index (χ0v) is 10.1. The van der Waals surface area contributed by atoms with Crippen LogP contribution in [0, 0.1) is 0 Å². The number of hydrogen-bond acceptors (Lipinski definition) is 3. The van der Waals surface area contributed by atoms with Crippen LogP contribution in [0.5, 0.6) is 0 Å². The number of aromatic nitrogens is 3. The molecular weight excluding hydrogens is 206 g/mol. The van der Waals surface area contributed by atoms with Gasteiger partial charge in [-0.25, -0.2) is 4.68 Å². The lowest BCUT2D eigenvalue weighted by Gasteiger charge is -2.12. The van der Waals surface area contributed by atoms with Gasteiger partial charge in [0.2, 0.25) is 0 Å². The van der Waals surface area contributed by atoms with E-state index in [-0.39, 0.29) is 12.5 Å². The molecule has 5 nitrogen and oxygen atoms in total. The van der Waals surface area contributed by atoms with Crippen molar-refractivity contribution in [2.75, 3.05) is 0 Å². The van der Waals surface area contributed by atoms with Gasteiger partial charge < -0.3 is 5.11 Å². The standard InChI is InChI=1S/C11H19N3O2/c1-4-6-10-9(7-11(15)16)12-13-14(10)8(3)5-2/h8H,4-7H2,1-3H3,(H,15,16). The first-order valence-corrected chi connectivity index (χ1v) is 5.74. The normalized spacial score (nSPS) is 12.7. The van der Waals surface area contributed by atoms with Crippen molar-refractivity contribution in [3.8, 4) is 0 Å². The summed E-state index contributed by atoms with van der Waals surface area (Å²) in [6.45, 7) is 6.22. The Labute approximate surface area is 95.5 Å². The predicted molar refractivity (Wildman–Crippen MR) is 60.4 cm³/mol. The highest BCUT2D eigenvalue weighted by Gasteiger charge is 2.17. The van der Waals surface area contributed by atoms with Gasteiger partial charge >= 0.3 is 5.97 Å². The van der Waals surface area contributed by atoms with Gasteiger partial charge in [-0.1, -0.05) is 25.5 Å². The number of carboxylic acids is 1. The Hall–Kier alpha value is -1.39. The van der Waals surface area contributed by atoms with E-state index in [9.17, 15) is 4.79 Å². The minimum atomic E-state index is -0.853. The minimum Gasteiger partial charge on any atom is -0.481 e. The van der Waals surface area contributed by atoms with Gasteiger partial charge in [-0.05, 0) is 19.8 Å². The summed E-state index contributed by atoms with van der Waals surface area (Å²) < 4.78 is 1.86. The van der Waals surface area contributed by atoms with Crippen LogP contribution in [0.3, 0.4) is 0 Å². The minimum absolute atomic E-state index is 0.0359. The molecule has 90 valence electrons. The highest BCUT2D eigenvalue weighted by Crippen LogP contribution is 2.16. The molecule has 1 unspecified atom stereocenters. The topological polar surface area (TPSA) is 68.0 Å². The molecule has 0 fully saturated rings. The van der Waals surface area contributed by atoms with Crippen molar-refractivity contribution in [2.45, 2.75) is 52.5 Å². The molecule has 0 spiro atoms. The summed E-state index contributed by atoms with van der Waals surface area (Å²) in [6, 6.07) is 0.275. The smallest absolute Gasteiger partial charge is 0.309 e. The Morgan fingerprint density at radius 2 is 2.19 bits per heavy atom. The summed E-state index contributed by atoms with van der Waals surface area (Å²) in [5.41, 5.74) is 1.58. The number of carboxylic acid groups (broad SMARTS) is 1. The highest BCUT2D eigenvalue weighted by atomic mass is 16.4. The monoisotopic (exact) mass is 225 g/mol. The Morgan fingerprint density at radius 1 is 1.50 bits per heavy atom. The van der Waals surface area contributed by atoms with E-state index in [2.05, 4.69) is 31.1 Å². The number of nitrogens with zero attached hydrogens (tertiary/aromatic N) is 3. The number of hydrogen-bond donors (Lipinski definition) is 1.